The number of aliphatic imine (C=N–C) groups is 1. The Morgan fingerprint density at radius 1 is 0.818 bits per heavy atom. The standard InChI is InChI=1S/C27H39N9O8/c28-16(7-9-21(29)37)23(40)34-18(6-3-11-32-27(30)31)24(41)36-20(12-14-13-33-17-5-2-1-4-15(14)17)25(42)35-19(26(43)44)8-10-22(38)39/h1-2,4-5,13,16,18-20,33H,3,6-12,28H2,(H2,29,37)(H,34,40)(H,35,42)(H,36,41)(H,38,39)(H,43,44)(H4,30,31,32). The van der Waals surface area contributed by atoms with Crippen LogP contribution in [0.4, 0.5) is 0 Å². The zero-order valence-corrected chi connectivity index (χ0v) is 24.0. The van der Waals surface area contributed by atoms with Crippen molar-refractivity contribution in [3.63, 3.8) is 0 Å². The summed E-state index contributed by atoms with van der Waals surface area (Å²) in [6.07, 6.45) is 0.685. The number of hydrogen-bond donors (Lipinski definition) is 10. The van der Waals surface area contributed by atoms with Gasteiger partial charge in [0.15, 0.2) is 5.96 Å². The van der Waals surface area contributed by atoms with Crippen LogP contribution in [-0.2, 0) is 35.2 Å². The smallest absolute Gasteiger partial charge is 0.326 e. The molecule has 0 aliphatic carbocycles. The molecule has 4 atom stereocenters. The predicted octanol–water partition coefficient (Wildman–Crippen LogP) is -2.24. The Bertz CT molecular complexity index is 1370. The zero-order chi connectivity index (χ0) is 32.8. The number of aromatic amines is 1. The van der Waals surface area contributed by atoms with Gasteiger partial charge in [-0.1, -0.05) is 18.2 Å². The van der Waals surface area contributed by atoms with Gasteiger partial charge < -0.3 is 54.1 Å². The zero-order valence-electron chi connectivity index (χ0n) is 24.0. The number of H-pyrrole nitrogens is 1. The van der Waals surface area contributed by atoms with Crippen molar-refractivity contribution < 1.29 is 39.0 Å². The van der Waals surface area contributed by atoms with Crippen molar-refractivity contribution in [2.75, 3.05) is 6.54 Å². The number of nitrogens with zero attached hydrogens (tertiary/aromatic N) is 1. The fraction of sp³-hybridized carbons (Fsp3) is 0.444. The van der Waals surface area contributed by atoms with E-state index in [9.17, 15) is 33.9 Å². The third kappa shape index (κ3) is 11.6. The summed E-state index contributed by atoms with van der Waals surface area (Å²) in [5.41, 5.74) is 23.1. The minimum atomic E-state index is -1.54. The molecular weight excluding hydrogens is 578 g/mol. The predicted molar refractivity (Wildman–Crippen MR) is 159 cm³/mol. The Labute approximate surface area is 252 Å². The van der Waals surface area contributed by atoms with Crippen molar-refractivity contribution in [3.05, 3.63) is 36.0 Å². The minimum absolute atomic E-state index is 0.0225. The van der Waals surface area contributed by atoms with Crippen LogP contribution >= 0.6 is 0 Å². The number of carbonyl (C=O) groups excluding carboxylic acids is 4. The number of rotatable bonds is 19. The molecule has 2 aromatic rings. The second-order valence-corrected chi connectivity index (χ2v) is 10.1. The summed E-state index contributed by atoms with van der Waals surface area (Å²) in [4.78, 5) is 80.5. The van der Waals surface area contributed by atoms with Gasteiger partial charge in [0.1, 0.15) is 18.1 Å². The lowest BCUT2D eigenvalue weighted by Crippen LogP contribution is -2.57. The van der Waals surface area contributed by atoms with Crippen LogP contribution in [0, 0.1) is 0 Å². The Morgan fingerprint density at radius 2 is 1.45 bits per heavy atom. The molecule has 1 aromatic heterocycles. The summed E-state index contributed by atoms with van der Waals surface area (Å²) in [5, 5.41) is 26.7. The van der Waals surface area contributed by atoms with Gasteiger partial charge in [0, 0.05) is 42.9 Å². The van der Waals surface area contributed by atoms with Crippen LogP contribution in [-0.4, -0.2) is 87.4 Å². The molecule has 2 rings (SSSR count). The summed E-state index contributed by atoms with van der Waals surface area (Å²) < 4.78 is 0. The highest BCUT2D eigenvalue weighted by Gasteiger charge is 2.31. The van der Waals surface area contributed by atoms with E-state index in [4.69, 9.17) is 28.0 Å². The van der Waals surface area contributed by atoms with Crippen molar-refractivity contribution >= 4 is 52.4 Å². The monoisotopic (exact) mass is 617 g/mol. The molecule has 1 heterocycles. The molecule has 0 saturated heterocycles. The molecule has 14 N–H and O–H groups in total. The first-order valence-electron chi connectivity index (χ1n) is 13.8. The number of para-hydroxylation sites is 1. The van der Waals surface area contributed by atoms with Crippen molar-refractivity contribution in [3.8, 4) is 0 Å². The molecule has 44 heavy (non-hydrogen) atoms. The quantitative estimate of drug-likeness (QED) is 0.0456. The fourth-order valence-electron chi connectivity index (χ4n) is 4.28. The lowest BCUT2D eigenvalue weighted by atomic mass is 10.0. The molecule has 0 aliphatic heterocycles. The van der Waals surface area contributed by atoms with E-state index in [0.717, 1.165) is 10.9 Å². The van der Waals surface area contributed by atoms with Gasteiger partial charge in [0.2, 0.25) is 23.6 Å². The minimum Gasteiger partial charge on any atom is -0.481 e. The molecule has 17 heteroatoms. The van der Waals surface area contributed by atoms with E-state index >= 15 is 0 Å². The number of carboxylic acid groups (broad SMARTS) is 2. The second kappa shape index (κ2) is 17.1. The Morgan fingerprint density at radius 3 is 2.09 bits per heavy atom. The summed E-state index contributed by atoms with van der Waals surface area (Å²) >= 11 is 0. The van der Waals surface area contributed by atoms with Crippen LogP contribution in [0.1, 0.15) is 44.1 Å². The van der Waals surface area contributed by atoms with Crippen molar-refractivity contribution in [1.82, 2.24) is 20.9 Å². The molecule has 1 aromatic carbocycles. The van der Waals surface area contributed by atoms with Crippen LogP contribution in [0.3, 0.4) is 0 Å². The van der Waals surface area contributed by atoms with Gasteiger partial charge in [0.25, 0.3) is 0 Å². The molecule has 0 aliphatic rings. The number of nitrogens with one attached hydrogen (secondary N) is 4. The first kappa shape index (κ1) is 35.0. The molecule has 0 radical (unpaired) electrons. The second-order valence-electron chi connectivity index (χ2n) is 10.1. The number of nitrogens with two attached hydrogens (primary N) is 4. The molecule has 0 bridgehead atoms. The average Bonchev–Trinajstić information content (AvgIpc) is 3.37. The molecule has 4 unspecified atom stereocenters. The number of carboxylic acids is 2. The highest BCUT2D eigenvalue weighted by molar-refractivity contribution is 5.95. The summed E-state index contributed by atoms with van der Waals surface area (Å²) in [6.45, 7) is 0.124. The van der Waals surface area contributed by atoms with Crippen LogP contribution < -0.4 is 38.9 Å². The first-order valence-corrected chi connectivity index (χ1v) is 13.8. The highest BCUT2D eigenvalue weighted by Crippen LogP contribution is 2.19. The van der Waals surface area contributed by atoms with Gasteiger partial charge in [0.05, 0.1) is 6.04 Å². The molecule has 0 spiro atoms. The average molecular weight is 618 g/mol. The van der Waals surface area contributed by atoms with E-state index in [0.29, 0.717) is 5.56 Å². The normalized spacial score (nSPS) is 13.6. The maximum absolute atomic E-state index is 13.5. The molecule has 4 amide bonds. The third-order valence-electron chi connectivity index (χ3n) is 6.61. The maximum Gasteiger partial charge on any atom is 0.326 e. The summed E-state index contributed by atoms with van der Waals surface area (Å²) in [7, 11) is 0. The molecule has 0 fully saturated rings. The lowest BCUT2D eigenvalue weighted by Gasteiger charge is -2.25. The summed E-state index contributed by atoms with van der Waals surface area (Å²) in [5.74, 6) is -5.95. The maximum atomic E-state index is 13.5. The fourth-order valence-corrected chi connectivity index (χ4v) is 4.28. The van der Waals surface area contributed by atoms with E-state index in [1.807, 2.05) is 6.07 Å². The van der Waals surface area contributed by atoms with Gasteiger partial charge >= 0.3 is 11.9 Å². The molecule has 240 valence electrons. The number of hydrogen-bond acceptors (Lipinski definition) is 8. The summed E-state index contributed by atoms with van der Waals surface area (Å²) in [6, 6.07) is 1.92. The van der Waals surface area contributed by atoms with Crippen LogP contribution in [0.25, 0.3) is 10.9 Å². The van der Waals surface area contributed by atoms with E-state index in [-0.39, 0.29) is 44.6 Å². The van der Waals surface area contributed by atoms with Crippen molar-refractivity contribution in [2.24, 2.45) is 27.9 Å². The van der Waals surface area contributed by atoms with Gasteiger partial charge in [-0.25, -0.2) is 4.79 Å². The Balaban J connectivity index is 2.33. The van der Waals surface area contributed by atoms with Crippen LogP contribution in [0.2, 0.25) is 0 Å². The van der Waals surface area contributed by atoms with Gasteiger partial charge in [-0.3, -0.25) is 29.0 Å². The lowest BCUT2D eigenvalue weighted by molar-refractivity contribution is -0.143. The number of aliphatic carboxylic acids is 2. The molecule has 0 saturated carbocycles. The SMILES string of the molecule is NC(=O)CCC(N)C(=O)NC(CCCN=C(N)N)C(=O)NC(Cc1c[nH]c2ccccc12)C(=O)NC(CCC(=O)O)C(=O)O. The molecule has 17 nitrogen and oxygen atoms in total. The van der Waals surface area contributed by atoms with Crippen LogP contribution in [0.5, 0.6) is 0 Å². The number of amides is 4. The van der Waals surface area contributed by atoms with Crippen molar-refractivity contribution in [1.29, 1.82) is 0 Å². The Kier molecular flexibility index (Phi) is 13.6. The van der Waals surface area contributed by atoms with E-state index in [2.05, 4.69) is 25.9 Å². The van der Waals surface area contributed by atoms with Crippen LogP contribution in [0.15, 0.2) is 35.5 Å². The first-order chi connectivity index (χ1) is 20.8. The number of guanidine groups is 1. The Hall–Kier alpha value is -5.19. The molecular formula is C27H39N9O8. The largest absolute Gasteiger partial charge is 0.481 e. The van der Waals surface area contributed by atoms with Gasteiger partial charge in [-0.15, -0.1) is 0 Å². The number of primary amides is 1. The number of carbonyl (C=O) groups is 6. The van der Waals surface area contributed by atoms with E-state index in [1.165, 1.54) is 0 Å². The van der Waals surface area contributed by atoms with Gasteiger partial charge in [-0.2, -0.15) is 0 Å². The topological polar surface area (TPSA) is 311 Å². The van der Waals surface area contributed by atoms with Gasteiger partial charge in [-0.05, 0) is 37.3 Å². The number of fused-ring (bicyclic) bond motifs is 1. The van der Waals surface area contributed by atoms with E-state index < -0.39 is 72.6 Å². The van der Waals surface area contributed by atoms with E-state index in [1.54, 1.807) is 24.4 Å². The third-order valence-corrected chi connectivity index (χ3v) is 6.61. The van der Waals surface area contributed by atoms with Crippen molar-refractivity contribution in [2.45, 2.75) is 69.1 Å². The number of aromatic nitrogens is 1. The number of benzene rings is 1. The highest BCUT2D eigenvalue weighted by atomic mass is 16.4.